The lowest BCUT2D eigenvalue weighted by Gasteiger charge is -2.07. The van der Waals surface area contributed by atoms with Gasteiger partial charge in [0.1, 0.15) is 0 Å². The highest BCUT2D eigenvalue weighted by molar-refractivity contribution is 7.91. The molecule has 0 heterocycles. The molecule has 0 saturated carbocycles. The molecule has 0 amide bonds. The molecule has 0 saturated heterocycles. The average molecular weight is 241 g/mol. The van der Waals surface area contributed by atoms with E-state index in [-0.39, 0.29) is 17.4 Å². The van der Waals surface area contributed by atoms with Crippen molar-refractivity contribution in [1.29, 1.82) is 0 Å². The van der Waals surface area contributed by atoms with Gasteiger partial charge in [-0.2, -0.15) is 0 Å². The van der Waals surface area contributed by atoms with E-state index in [4.69, 9.17) is 5.73 Å². The normalized spacial score (nSPS) is 11.9. The Balaban J connectivity index is 2.54. The Hall–Kier alpha value is -1.03. The van der Waals surface area contributed by atoms with Gasteiger partial charge >= 0.3 is 0 Å². The zero-order chi connectivity index (χ0) is 12.2. The van der Waals surface area contributed by atoms with E-state index in [1.807, 2.05) is 26.0 Å². The summed E-state index contributed by atoms with van der Waals surface area (Å²) in [4.78, 5) is 0. The lowest BCUT2D eigenvalue weighted by atomic mass is 10.2. The summed E-state index contributed by atoms with van der Waals surface area (Å²) in [5.74, 6) is 0.674. The molecule has 90 valence electrons. The predicted molar refractivity (Wildman–Crippen MR) is 68.1 cm³/mol. The van der Waals surface area contributed by atoms with Crippen LogP contribution in [0.2, 0.25) is 0 Å². The van der Waals surface area contributed by atoms with Crippen LogP contribution in [-0.4, -0.2) is 19.9 Å². The second-order valence-electron chi connectivity index (χ2n) is 4.50. The van der Waals surface area contributed by atoms with Crippen molar-refractivity contribution < 1.29 is 8.42 Å². The summed E-state index contributed by atoms with van der Waals surface area (Å²) < 4.78 is 23.3. The predicted octanol–water partition coefficient (Wildman–Crippen LogP) is 1.88. The number of hydrogen-bond donors (Lipinski definition) is 1. The highest BCUT2D eigenvalue weighted by Gasteiger charge is 2.12. The Morgan fingerprint density at radius 2 is 1.75 bits per heavy atom. The molecule has 0 atom stereocenters. The molecule has 0 spiro atoms. The molecule has 16 heavy (non-hydrogen) atoms. The van der Waals surface area contributed by atoms with Crippen molar-refractivity contribution in [3.05, 3.63) is 29.8 Å². The average Bonchev–Trinajstić information content (AvgIpc) is 2.15. The molecule has 2 N–H and O–H groups in total. The fraction of sp³-hybridized carbons (Fsp3) is 0.500. The van der Waals surface area contributed by atoms with E-state index < -0.39 is 9.84 Å². The standard InChI is InChI=1S/C12H19NO2S/c1-10(2)9-16(14,15)8-7-11-3-5-12(13)6-4-11/h3-6,10H,7-9,13H2,1-2H3. The van der Waals surface area contributed by atoms with Crippen LogP contribution in [0.5, 0.6) is 0 Å². The first-order valence-corrected chi connectivity index (χ1v) is 7.26. The van der Waals surface area contributed by atoms with E-state index >= 15 is 0 Å². The third kappa shape index (κ3) is 4.66. The third-order valence-electron chi connectivity index (χ3n) is 2.27. The number of benzene rings is 1. The molecule has 1 aromatic carbocycles. The first-order valence-electron chi connectivity index (χ1n) is 5.44. The summed E-state index contributed by atoms with van der Waals surface area (Å²) in [7, 11) is -2.92. The van der Waals surface area contributed by atoms with Gasteiger partial charge in [-0.3, -0.25) is 0 Å². The van der Waals surface area contributed by atoms with Crippen LogP contribution in [0.1, 0.15) is 19.4 Å². The van der Waals surface area contributed by atoms with Gasteiger partial charge in [-0.1, -0.05) is 26.0 Å². The SMILES string of the molecule is CC(C)CS(=O)(=O)CCc1ccc(N)cc1. The van der Waals surface area contributed by atoms with Gasteiger partial charge in [-0.15, -0.1) is 0 Å². The summed E-state index contributed by atoms with van der Waals surface area (Å²) in [6.45, 7) is 3.83. The number of hydrogen-bond acceptors (Lipinski definition) is 3. The summed E-state index contributed by atoms with van der Waals surface area (Å²) in [5, 5.41) is 0. The van der Waals surface area contributed by atoms with E-state index in [9.17, 15) is 8.42 Å². The van der Waals surface area contributed by atoms with Crippen LogP contribution in [0.15, 0.2) is 24.3 Å². The van der Waals surface area contributed by atoms with Crippen molar-refractivity contribution >= 4 is 15.5 Å². The Bertz CT molecular complexity index is 421. The number of aryl methyl sites for hydroxylation is 1. The second-order valence-corrected chi connectivity index (χ2v) is 6.73. The van der Waals surface area contributed by atoms with Gasteiger partial charge in [0.05, 0.1) is 11.5 Å². The highest BCUT2D eigenvalue weighted by Crippen LogP contribution is 2.08. The van der Waals surface area contributed by atoms with Gasteiger partial charge in [-0.05, 0) is 30.0 Å². The zero-order valence-corrected chi connectivity index (χ0v) is 10.6. The van der Waals surface area contributed by atoms with Gasteiger partial charge in [-0.25, -0.2) is 8.42 Å². The fourth-order valence-corrected chi connectivity index (χ4v) is 3.28. The van der Waals surface area contributed by atoms with Crippen LogP contribution < -0.4 is 5.73 Å². The van der Waals surface area contributed by atoms with Crippen LogP contribution in [0.25, 0.3) is 0 Å². The molecule has 0 aliphatic heterocycles. The minimum Gasteiger partial charge on any atom is -0.399 e. The van der Waals surface area contributed by atoms with E-state index in [1.165, 1.54) is 0 Å². The summed E-state index contributed by atoms with van der Waals surface area (Å²) in [6.07, 6.45) is 0.565. The molecule has 0 fully saturated rings. The van der Waals surface area contributed by atoms with Crippen molar-refractivity contribution in [3.8, 4) is 0 Å². The van der Waals surface area contributed by atoms with Crippen LogP contribution >= 0.6 is 0 Å². The van der Waals surface area contributed by atoms with Crippen LogP contribution in [0.4, 0.5) is 5.69 Å². The van der Waals surface area contributed by atoms with Crippen molar-refractivity contribution in [3.63, 3.8) is 0 Å². The zero-order valence-electron chi connectivity index (χ0n) is 9.81. The molecule has 0 radical (unpaired) electrons. The number of nitrogens with two attached hydrogens (primary N) is 1. The van der Waals surface area contributed by atoms with E-state index in [2.05, 4.69) is 0 Å². The molecule has 3 nitrogen and oxygen atoms in total. The van der Waals surface area contributed by atoms with Gasteiger partial charge < -0.3 is 5.73 Å². The molecule has 0 unspecified atom stereocenters. The van der Waals surface area contributed by atoms with Crippen molar-refractivity contribution in [1.82, 2.24) is 0 Å². The van der Waals surface area contributed by atoms with Gasteiger partial charge in [0.2, 0.25) is 0 Å². The topological polar surface area (TPSA) is 60.2 Å². The third-order valence-corrected chi connectivity index (χ3v) is 4.27. The van der Waals surface area contributed by atoms with Crippen LogP contribution in [0.3, 0.4) is 0 Å². The largest absolute Gasteiger partial charge is 0.399 e. The lowest BCUT2D eigenvalue weighted by molar-refractivity contribution is 0.581. The highest BCUT2D eigenvalue weighted by atomic mass is 32.2. The van der Waals surface area contributed by atoms with Crippen LogP contribution in [-0.2, 0) is 16.3 Å². The quantitative estimate of drug-likeness (QED) is 0.801. The Morgan fingerprint density at radius 3 is 2.25 bits per heavy atom. The molecular weight excluding hydrogens is 222 g/mol. The molecule has 0 aliphatic rings. The maximum atomic E-state index is 11.7. The minimum absolute atomic E-state index is 0.191. The van der Waals surface area contributed by atoms with Gasteiger partial charge in [0.25, 0.3) is 0 Å². The summed E-state index contributed by atoms with van der Waals surface area (Å²) >= 11 is 0. The smallest absolute Gasteiger partial charge is 0.150 e. The minimum atomic E-state index is -2.92. The Labute approximate surface area is 97.6 Å². The summed E-state index contributed by atoms with van der Waals surface area (Å²) in [6, 6.07) is 7.34. The van der Waals surface area contributed by atoms with E-state index in [0.29, 0.717) is 12.1 Å². The van der Waals surface area contributed by atoms with E-state index in [1.54, 1.807) is 12.1 Å². The first-order chi connectivity index (χ1) is 7.39. The Kier molecular flexibility index (Phi) is 4.35. The van der Waals surface area contributed by atoms with Gasteiger partial charge in [0.15, 0.2) is 9.84 Å². The molecule has 0 aliphatic carbocycles. The van der Waals surface area contributed by atoms with Crippen molar-refractivity contribution in [2.75, 3.05) is 17.2 Å². The molecule has 1 aromatic rings. The molecule has 4 heteroatoms. The maximum absolute atomic E-state index is 11.7. The number of sulfone groups is 1. The molecular formula is C12H19NO2S. The molecule has 0 aromatic heterocycles. The number of rotatable bonds is 5. The second kappa shape index (κ2) is 5.34. The van der Waals surface area contributed by atoms with Gasteiger partial charge in [0, 0.05) is 5.69 Å². The summed E-state index contributed by atoms with van der Waals surface area (Å²) in [5.41, 5.74) is 7.27. The molecule has 1 rings (SSSR count). The number of anilines is 1. The van der Waals surface area contributed by atoms with Crippen molar-refractivity contribution in [2.24, 2.45) is 5.92 Å². The van der Waals surface area contributed by atoms with Crippen LogP contribution in [0, 0.1) is 5.92 Å². The monoisotopic (exact) mass is 241 g/mol. The fourth-order valence-electron chi connectivity index (χ4n) is 1.55. The Morgan fingerprint density at radius 1 is 1.19 bits per heavy atom. The lowest BCUT2D eigenvalue weighted by Crippen LogP contribution is -2.16. The number of nitrogen functional groups attached to an aromatic ring is 1. The maximum Gasteiger partial charge on any atom is 0.150 e. The molecule has 0 bridgehead atoms. The van der Waals surface area contributed by atoms with E-state index in [0.717, 1.165) is 5.56 Å². The first kappa shape index (κ1) is 13.0. The van der Waals surface area contributed by atoms with Crippen molar-refractivity contribution in [2.45, 2.75) is 20.3 Å².